The number of aliphatic imine (C=N–C) groups is 1. The number of rotatable bonds is 7. The van der Waals surface area contributed by atoms with Crippen molar-refractivity contribution in [1.82, 2.24) is 20.4 Å². The Morgan fingerprint density at radius 2 is 1.70 bits per heavy atom. The van der Waals surface area contributed by atoms with Crippen molar-refractivity contribution in [2.75, 3.05) is 39.8 Å². The summed E-state index contributed by atoms with van der Waals surface area (Å²) in [5.74, 6) is 1.26. The van der Waals surface area contributed by atoms with Crippen LogP contribution >= 0.6 is 0 Å². The van der Waals surface area contributed by atoms with Gasteiger partial charge in [0.1, 0.15) is 0 Å². The molecule has 30 heavy (non-hydrogen) atoms. The Hall–Kier alpha value is -1.89. The molecular weight excluding hydrogens is 378 g/mol. The van der Waals surface area contributed by atoms with Gasteiger partial charge in [0.25, 0.3) is 0 Å². The molecule has 166 valence electrons. The number of carbonyl (C=O) groups excluding carboxylic acids is 2. The fraction of sp³-hybridized carbons (Fsp3) is 0.783. The van der Waals surface area contributed by atoms with Gasteiger partial charge in [-0.05, 0) is 64.5 Å². The molecule has 2 heterocycles. The Morgan fingerprint density at radius 1 is 1.07 bits per heavy atom. The molecule has 2 aliphatic carbocycles. The molecule has 2 aliphatic heterocycles. The first-order valence-corrected chi connectivity index (χ1v) is 11.7. The Kier molecular flexibility index (Phi) is 6.19. The Balaban J connectivity index is 1.19. The molecule has 1 saturated carbocycles. The van der Waals surface area contributed by atoms with Gasteiger partial charge in [-0.15, -0.1) is 0 Å². The Labute approximate surface area is 180 Å². The van der Waals surface area contributed by atoms with E-state index < -0.39 is 0 Å². The third-order valence-corrected chi connectivity index (χ3v) is 7.54. The number of nitrogens with zero attached hydrogens (tertiary/aromatic N) is 3. The molecule has 0 aromatic rings. The largest absolute Gasteiger partial charge is 0.356 e. The fourth-order valence-electron chi connectivity index (χ4n) is 5.76. The number of hydrogen-bond acceptors (Lipinski definition) is 4. The van der Waals surface area contributed by atoms with Gasteiger partial charge in [0.15, 0.2) is 5.96 Å². The molecule has 7 nitrogen and oxygen atoms in total. The van der Waals surface area contributed by atoms with Crippen LogP contribution in [0.1, 0.15) is 46.0 Å². The van der Waals surface area contributed by atoms with Crippen molar-refractivity contribution >= 4 is 17.8 Å². The molecule has 0 radical (unpaired) electrons. The van der Waals surface area contributed by atoms with Gasteiger partial charge in [-0.1, -0.05) is 18.6 Å². The van der Waals surface area contributed by atoms with Crippen LogP contribution in [0.15, 0.2) is 17.1 Å². The van der Waals surface area contributed by atoms with E-state index in [2.05, 4.69) is 46.5 Å². The van der Waals surface area contributed by atoms with Crippen LogP contribution in [0.4, 0.5) is 0 Å². The molecule has 2 N–H and O–H groups in total. The maximum Gasteiger partial charge on any atom is 0.233 e. The summed E-state index contributed by atoms with van der Waals surface area (Å²) in [6.07, 6.45) is 9.90. The van der Waals surface area contributed by atoms with Crippen molar-refractivity contribution < 1.29 is 9.59 Å². The van der Waals surface area contributed by atoms with E-state index in [1.54, 1.807) is 7.05 Å². The van der Waals surface area contributed by atoms with E-state index in [-0.39, 0.29) is 41.0 Å². The first kappa shape index (κ1) is 21.3. The number of likely N-dealkylation sites (tertiary alicyclic amines) is 2. The number of hydrogen-bond donors (Lipinski definition) is 2. The summed E-state index contributed by atoms with van der Waals surface area (Å²) in [6, 6.07) is 0. The molecule has 7 heteroatoms. The van der Waals surface area contributed by atoms with Gasteiger partial charge in [0.05, 0.1) is 11.8 Å². The summed E-state index contributed by atoms with van der Waals surface area (Å²) in [7, 11) is 1.78. The minimum atomic E-state index is -0.0908. The summed E-state index contributed by atoms with van der Waals surface area (Å²) in [5, 5.41) is 6.78. The molecule has 4 aliphatic rings. The van der Waals surface area contributed by atoms with Gasteiger partial charge in [0, 0.05) is 32.2 Å². The fourth-order valence-corrected chi connectivity index (χ4v) is 5.76. The maximum absolute atomic E-state index is 12.7. The van der Waals surface area contributed by atoms with Crippen LogP contribution < -0.4 is 10.6 Å². The van der Waals surface area contributed by atoms with E-state index in [1.165, 1.54) is 24.2 Å². The lowest BCUT2D eigenvalue weighted by Crippen LogP contribution is -2.55. The molecule has 3 fully saturated rings. The molecule has 0 aromatic carbocycles. The molecule has 0 spiro atoms. The van der Waals surface area contributed by atoms with Crippen LogP contribution in [0.5, 0.6) is 0 Å². The number of amides is 2. The zero-order valence-electron chi connectivity index (χ0n) is 18.7. The van der Waals surface area contributed by atoms with Crippen LogP contribution in [0.2, 0.25) is 0 Å². The van der Waals surface area contributed by atoms with Crippen molar-refractivity contribution in [3.8, 4) is 0 Å². The highest BCUT2D eigenvalue weighted by atomic mass is 16.2. The van der Waals surface area contributed by atoms with Gasteiger partial charge < -0.3 is 10.6 Å². The van der Waals surface area contributed by atoms with Crippen LogP contribution in [-0.4, -0.2) is 72.9 Å². The standard InChI is InChI=1S/C23H37N5O2/c1-23(2,27-11-5-4-6-12-27)15-26-22(24-3)25-10-7-13-28-20(29)18-16-8-9-17(14-16)19(18)21(28)30/h8-9,16-19H,4-7,10-15H2,1-3H3,(H2,24,25,26). The van der Waals surface area contributed by atoms with E-state index in [0.29, 0.717) is 13.1 Å². The Bertz CT molecular complexity index is 695. The molecule has 4 atom stereocenters. The number of nitrogens with one attached hydrogen (secondary N) is 2. The molecule has 0 aromatic heterocycles. The number of guanidine groups is 1. The quantitative estimate of drug-likeness (QED) is 0.217. The van der Waals surface area contributed by atoms with Crippen LogP contribution in [0, 0.1) is 23.7 Å². The second kappa shape index (κ2) is 8.69. The average molecular weight is 416 g/mol. The van der Waals surface area contributed by atoms with Gasteiger partial charge in [-0.3, -0.25) is 24.4 Å². The number of imide groups is 1. The predicted octanol–water partition coefficient (Wildman–Crippen LogP) is 1.61. The van der Waals surface area contributed by atoms with Crippen molar-refractivity contribution in [1.29, 1.82) is 0 Å². The zero-order chi connectivity index (χ0) is 21.3. The zero-order valence-corrected chi connectivity index (χ0v) is 18.7. The maximum atomic E-state index is 12.7. The average Bonchev–Trinajstić information content (AvgIpc) is 3.43. The molecule has 4 rings (SSSR count). The van der Waals surface area contributed by atoms with Gasteiger partial charge >= 0.3 is 0 Å². The first-order chi connectivity index (χ1) is 14.4. The smallest absolute Gasteiger partial charge is 0.233 e. The second-order valence-corrected chi connectivity index (χ2v) is 9.89. The SMILES string of the molecule is CN=C(NCCCN1C(=O)C2C3C=CC(C3)C2C1=O)NCC(C)(C)N1CCCCC1. The second-order valence-electron chi connectivity index (χ2n) is 9.89. The summed E-state index contributed by atoms with van der Waals surface area (Å²) >= 11 is 0. The van der Waals surface area contributed by atoms with Crippen molar-refractivity contribution in [3.63, 3.8) is 0 Å². The van der Waals surface area contributed by atoms with E-state index in [9.17, 15) is 9.59 Å². The van der Waals surface area contributed by atoms with E-state index in [4.69, 9.17) is 0 Å². The van der Waals surface area contributed by atoms with Crippen molar-refractivity contribution in [2.45, 2.75) is 51.5 Å². The highest BCUT2D eigenvalue weighted by molar-refractivity contribution is 6.06. The summed E-state index contributed by atoms with van der Waals surface area (Å²) in [6.45, 7) is 8.89. The van der Waals surface area contributed by atoms with Crippen molar-refractivity contribution in [2.24, 2.45) is 28.7 Å². The molecular formula is C23H37N5O2. The normalized spacial score (nSPS) is 31.6. The highest BCUT2D eigenvalue weighted by Gasteiger charge is 2.58. The molecule has 2 amide bonds. The van der Waals surface area contributed by atoms with Crippen LogP contribution in [0.25, 0.3) is 0 Å². The van der Waals surface area contributed by atoms with Gasteiger partial charge in [-0.2, -0.15) is 0 Å². The van der Waals surface area contributed by atoms with E-state index >= 15 is 0 Å². The lowest BCUT2D eigenvalue weighted by atomic mass is 9.85. The Morgan fingerprint density at radius 3 is 2.30 bits per heavy atom. The van der Waals surface area contributed by atoms with Gasteiger partial charge in [0.2, 0.25) is 11.8 Å². The number of carbonyl (C=O) groups is 2. The van der Waals surface area contributed by atoms with Crippen LogP contribution in [0.3, 0.4) is 0 Å². The van der Waals surface area contributed by atoms with E-state index in [0.717, 1.165) is 38.4 Å². The highest BCUT2D eigenvalue weighted by Crippen LogP contribution is 2.52. The number of piperidine rings is 1. The monoisotopic (exact) mass is 415 g/mol. The lowest BCUT2D eigenvalue weighted by molar-refractivity contribution is -0.140. The molecule has 2 bridgehead atoms. The lowest BCUT2D eigenvalue weighted by Gasteiger charge is -2.41. The summed E-state index contributed by atoms with van der Waals surface area (Å²) in [5.41, 5.74) is 0.0810. The first-order valence-electron chi connectivity index (χ1n) is 11.7. The molecule has 2 saturated heterocycles. The minimum Gasteiger partial charge on any atom is -0.356 e. The predicted molar refractivity (Wildman–Crippen MR) is 118 cm³/mol. The van der Waals surface area contributed by atoms with Crippen molar-refractivity contribution in [3.05, 3.63) is 12.2 Å². The topological polar surface area (TPSA) is 77.0 Å². The van der Waals surface area contributed by atoms with Gasteiger partial charge in [-0.25, -0.2) is 0 Å². The van der Waals surface area contributed by atoms with Crippen LogP contribution in [-0.2, 0) is 9.59 Å². The summed E-state index contributed by atoms with van der Waals surface area (Å²) in [4.78, 5) is 33.9. The summed E-state index contributed by atoms with van der Waals surface area (Å²) < 4.78 is 0. The third-order valence-electron chi connectivity index (χ3n) is 7.54. The molecule has 4 unspecified atom stereocenters. The minimum absolute atomic E-state index is 0.0487. The number of allylic oxidation sites excluding steroid dienone is 2. The van der Waals surface area contributed by atoms with E-state index in [1.807, 2.05) is 0 Å². The number of fused-ring (bicyclic) bond motifs is 5. The third kappa shape index (κ3) is 4.01.